The molecule has 2 fully saturated rings. The zero-order valence-corrected chi connectivity index (χ0v) is 11.0. The average Bonchev–Trinajstić information content (AvgIpc) is 2.78. The maximum absolute atomic E-state index is 9.35. The van der Waals surface area contributed by atoms with Crippen LogP contribution in [0.25, 0.3) is 0 Å². The Morgan fingerprint density at radius 2 is 0.889 bits per heavy atom. The molecule has 0 amide bonds. The molecule has 0 aliphatic carbocycles. The summed E-state index contributed by atoms with van der Waals surface area (Å²) in [4.78, 5) is 5.70. The molecule has 10 heteroatoms. The van der Waals surface area contributed by atoms with Crippen LogP contribution in [0.2, 0.25) is 0 Å². The van der Waals surface area contributed by atoms with Crippen LogP contribution in [0.15, 0.2) is 0 Å². The maximum atomic E-state index is 9.35. The summed E-state index contributed by atoms with van der Waals surface area (Å²) in [7, 11) is 0. The summed E-state index contributed by atoms with van der Waals surface area (Å²) in [5.41, 5.74) is 0. The summed E-state index contributed by atoms with van der Waals surface area (Å²) in [6.07, 6.45) is -1.06. The second-order valence-electron chi connectivity index (χ2n) is 3.84. The fourth-order valence-electron chi connectivity index (χ4n) is 2.34. The van der Waals surface area contributed by atoms with Gasteiger partial charge < -0.3 is 40.0 Å². The molecule has 8 nitrogen and oxygen atoms in total. The van der Waals surface area contributed by atoms with Gasteiger partial charge in [0.1, 0.15) is 39.3 Å². The van der Waals surface area contributed by atoms with Crippen LogP contribution in [0, 0.1) is 0 Å². The molecule has 102 valence electrons. The summed E-state index contributed by atoms with van der Waals surface area (Å²) in [5, 5.41) is 37.9. The maximum Gasteiger partial charge on any atom is 0.178 e. The van der Waals surface area contributed by atoms with Crippen molar-refractivity contribution in [2.45, 2.75) is 12.3 Å². The van der Waals surface area contributed by atoms with Crippen LogP contribution >= 0.6 is 24.4 Å². The first-order valence-electron chi connectivity index (χ1n) is 5.20. The van der Waals surface area contributed by atoms with Gasteiger partial charge in [0.2, 0.25) is 0 Å². The molecule has 4 N–H and O–H groups in total. The van der Waals surface area contributed by atoms with E-state index in [9.17, 15) is 20.4 Å². The minimum absolute atomic E-state index is 0.245. The number of nitrogens with zero attached hydrogens (tertiary/aromatic N) is 4. The molecule has 0 spiro atoms. The highest BCUT2D eigenvalue weighted by Crippen LogP contribution is 2.33. The fraction of sp³-hybridized carbons (Fsp3) is 0.750. The summed E-state index contributed by atoms with van der Waals surface area (Å²) in [6.45, 7) is -1.46. The lowest BCUT2D eigenvalue weighted by Gasteiger charge is -2.30. The normalized spacial score (nSPS) is 27.6. The van der Waals surface area contributed by atoms with Gasteiger partial charge in [0.05, 0.1) is 0 Å². The van der Waals surface area contributed by atoms with Crippen LogP contribution < -0.4 is 0 Å². The lowest BCUT2D eigenvalue weighted by molar-refractivity contribution is 0.0133. The summed E-state index contributed by atoms with van der Waals surface area (Å²) < 4.78 is 0. The first-order valence-corrected chi connectivity index (χ1v) is 6.02. The molecule has 0 saturated carbocycles. The van der Waals surface area contributed by atoms with Crippen LogP contribution in [-0.2, 0) is 0 Å². The topological polar surface area (TPSA) is 93.9 Å². The predicted octanol–water partition coefficient (Wildman–Crippen LogP) is -2.76. The van der Waals surface area contributed by atoms with E-state index in [0.29, 0.717) is 0 Å². The first kappa shape index (κ1) is 13.6. The number of hydrogen-bond acceptors (Lipinski definition) is 6. The van der Waals surface area contributed by atoms with Crippen molar-refractivity contribution in [3.63, 3.8) is 0 Å². The van der Waals surface area contributed by atoms with Gasteiger partial charge in [0.25, 0.3) is 0 Å². The van der Waals surface area contributed by atoms with Crippen LogP contribution in [0.1, 0.15) is 0 Å². The van der Waals surface area contributed by atoms with Crippen molar-refractivity contribution in [3.8, 4) is 0 Å². The van der Waals surface area contributed by atoms with Gasteiger partial charge in [0.15, 0.2) is 10.2 Å². The van der Waals surface area contributed by atoms with E-state index in [1.165, 1.54) is 19.6 Å². The molecule has 0 atom stereocenters. The fourth-order valence-corrected chi connectivity index (χ4v) is 3.00. The zero-order valence-electron chi connectivity index (χ0n) is 9.38. The molecule has 18 heavy (non-hydrogen) atoms. The number of thiocarbonyl (C=S) groups is 2. The molecule has 2 aliphatic rings. The van der Waals surface area contributed by atoms with Crippen molar-refractivity contribution in [2.24, 2.45) is 0 Å². The second-order valence-corrected chi connectivity index (χ2v) is 4.57. The number of hydrogen-bond donors (Lipinski definition) is 4. The SMILES string of the molecule is OCN1C(=S)N(CO)C2C1N(CO)C(=S)N2CO. The van der Waals surface area contributed by atoms with Gasteiger partial charge in [-0.2, -0.15) is 0 Å². The first-order chi connectivity index (χ1) is 8.62. The molecule has 2 rings (SSSR count). The third-order valence-electron chi connectivity index (χ3n) is 3.14. The molecule has 0 radical (unpaired) electrons. The van der Waals surface area contributed by atoms with Crippen molar-refractivity contribution < 1.29 is 20.4 Å². The van der Waals surface area contributed by atoms with Crippen molar-refractivity contribution in [1.82, 2.24) is 19.6 Å². The zero-order chi connectivity index (χ0) is 13.4. The highest BCUT2D eigenvalue weighted by molar-refractivity contribution is 7.80. The Labute approximate surface area is 114 Å². The van der Waals surface area contributed by atoms with E-state index in [-0.39, 0.29) is 37.1 Å². The molecule has 0 aromatic heterocycles. The van der Waals surface area contributed by atoms with Crippen molar-refractivity contribution in [1.29, 1.82) is 0 Å². The van der Waals surface area contributed by atoms with Crippen LogP contribution in [0.5, 0.6) is 0 Å². The molecule has 0 bridgehead atoms. The molecule has 2 heterocycles. The third-order valence-corrected chi connectivity index (χ3v) is 4.07. The van der Waals surface area contributed by atoms with Crippen LogP contribution in [0.3, 0.4) is 0 Å². The van der Waals surface area contributed by atoms with Gasteiger partial charge in [0, 0.05) is 0 Å². The van der Waals surface area contributed by atoms with E-state index in [4.69, 9.17) is 24.4 Å². The van der Waals surface area contributed by atoms with E-state index >= 15 is 0 Å². The summed E-state index contributed by atoms with van der Waals surface area (Å²) in [5.74, 6) is 0. The standard InChI is InChI=1S/C8H14N4O4S2/c13-1-9-5-6(11(3-15)7(9)17)12(4-16)8(18)10(5)2-14/h5-6,13-16H,1-4H2. The van der Waals surface area contributed by atoms with E-state index in [0.717, 1.165) is 0 Å². The van der Waals surface area contributed by atoms with Gasteiger partial charge in [-0.1, -0.05) is 0 Å². The van der Waals surface area contributed by atoms with Crippen molar-refractivity contribution >= 4 is 34.7 Å². The quantitative estimate of drug-likeness (QED) is 0.409. The minimum atomic E-state index is -0.528. The van der Waals surface area contributed by atoms with Crippen LogP contribution in [0.4, 0.5) is 0 Å². The lowest BCUT2D eigenvalue weighted by Crippen LogP contribution is -2.47. The van der Waals surface area contributed by atoms with Gasteiger partial charge in [-0.15, -0.1) is 0 Å². The summed E-state index contributed by atoms with van der Waals surface area (Å²) >= 11 is 10.3. The van der Waals surface area contributed by atoms with Crippen molar-refractivity contribution in [2.75, 3.05) is 26.9 Å². The molecule has 2 aliphatic heterocycles. The molecule has 2 saturated heterocycles. The highest BCUT2D eigenvalue weighted by atomic mass is 32.1. The molecule has 0 aromatic carbocycles. The van der Waals surface area contributed by atoms with E-state index < -0.39 is 12.3 Å². The Balaban J connectivity index is 2.41. The molecule has 0 unspecified atom stereocenters. The predicted molar refractivity (Wildman–Crippen MR) is 68.5 cm³/mol. The highest BCUT2D eigenvalue weighted by Gasteiger charge is 2.55. The molecule has 0 aromatic rings. The van der Waals surface area contributed by atoms with Gasteiger partial charge in [-0.3, -0.25) is 0 Å². The average molecular weight is 294 g/mol. The Bertz CT molecular complexity index is 309. The number of fused-ring (bicyclic) bond motifs is 1. The minimum Gasteiger partial charge on any atom is -0.376 e. The third kappa shape index (κ3) is 1.65. The Hall–Kier alpha value is -0.780. The Morgan fingerprint density at radius 3 is 1.06 bits per heavy atom. The monoisotopic (exact) mass is 294 g/mol. The van der Waals surface area contributed by atoms with Gasteiger partial charge in [-0.05, 0) is 24.4 Å². The van der Waals surface area contributed by atoms with E-state index in [2.05, 4.69) is 0 Å². The Kier molecular flexibility index (Phi) is 3.84. The second kappa shape index (κ2) is 5.07. The van der Waals surface area contributed by atoms with E-state index in [1.54, 1.807) is 0 Å². The Morgan fingerprint density at radius 1 is 0.667 bits per heavy atom. The molecular weight excluding hydrogens is 280 g/mol. The number of aliphatic hydroxyl groups is 4. The van der Waals surface area contributed by atoms with Gasteiger partial charge >= 0.3 is 0 Å². The van der Waals surface area contributed by atoms with Crippen molar-refractivity contribution in [3.05, 3.63) is 0 Å². The lowest BCUT2D eigenvalue weighted by atomic mass is 10.3. The van der Waals surface area contributed by atoms with Gasteiger partial charge in [-0.25, -0.2) is 0 Å². The molecular formula is C8H14N4O4S2. The summed E-state index contributed by atoms with van der Waals surface area (Å²) in [6, 6.07) is 0. The number of rotatable bonds is 4. The smallest absolute Gasteiger partial charge is 0.178 e. The van der Waals surface area contributed by atoms with E-state index in [1.807, 2.05) is 0 Å². The number of aliphatic hydroxyl groups excluding tert-OH is 4. The van der Waals surface area contributed by atoms with Crippen LogP contribution in [-0.4, -0.2) is 89.5 Å². The largest absolute Gasteiger partial charge is 0.376 e.